The average molecular weight is 422 g/mol. The molecule has 2 rings (SSSR count). The van der Waals surface area contributed by atoms with Gasteiger partial charge in [-0.2, -0.15) is 0 Å². The van der Waals surface area contributed by atoms with E-state index in [1.165, 1.54) is 12.1 Å². The summed E-state index contributed by atoms with van der Waals surface area (Å²) in [6.07, 6.45) is 3.93. The molecule has 0 aromatic heterocycles. The minimum Gasteiger partial charge on any atom is -0.465 e. The van der Waals surface area contributed by atoms with E-state index in [-0.39, 0.29) is 23.4 Å². The summed E-state index contributed by atoms with van der Waals surface area (Å²) in [4.78, 5) is 25.2. The van der Waals surface area contributed by atoms with Gasteiger partial charge in [0.25, 0.3) is 10.0 Å². The number of esters is 1. The summed E-state index contributed by atoms with van der Waals surface area (Å²) in [6, 6.07) is 7.34. The Labute approximate surface area is 174 Å². The lowest BCUT2D eigenvalue weighted by molar-refractivity contribution is -0.154. The highest BCUT2D eigenvalue weighted by Gasteiger charge is 2.42. The lowest BCUT2D eigenvalue weighted by atomic mass is 9.95. The van der Waals surface area contributed by atoms with Gasteiger partial charge in [-0.3, -0.25) is 9.59 Å². The number of carbonyl (C=O) groups excluding carboxylic acids is 2. The number of carbonyl (C=O) groups is 2. The Morgan fingerprint density at radius 2 is 1.59 bits per heavy atom. The number of ether oxygens (including phenoxy) is 1. The van der Waals surface area contributed by atoms with Gasteiger partial charge in [-0.1, -0.05) is 51.1 Å². The van der Waals surface area contributed by atoms with Crippen LogP contribution >= 0.6 is 0 Å². The van der Waals surface area contributed by atoms with Gasteiger partial charge >= 0.3 is 5.97 Å². The second-order valence-electron chi connectivity index (χ2n) is 9.47. The van der Waals surface area contributed by atoms with Crippen molar-refractivity contribution < 1.29 is 22.7 Å². The van der Waals surface area contributed by atoms with E-state index in [0.29, 0.717) is 6.42 Å². The van der Waals surface area contributed by atoms with Gasteiger partial charge in [0.15, 0.2) is 0 Å². The van der Waals surface area contributed by atoms with Crippen LogP contribution in [-0.2, 0) is 24.3 Å². The summed E-state index contributed by atoms with van der Waals surface area (Å²) in [6.45, 7) is 10.6. The van der Waals surface area contributed by atoms with Crippen molar-refractivity contribution in [2.24, 2.45) is 16.7 Å². The number of amides is 1. The van der Waals surface area contributed by atoms with Gasteiger partial charge < -0.3 is 4.74 Å². The summed E-state index contributed by atoms with van der Waals surface area (Å²) in [5.74, 6) is -0.926. The van der Waals surface area contributed by atoms with Gasteiger partial charge in [-0.25, -0.2) is 12.7 Å². The first-order valence-corrected chi connectivity index (χ1v) is 11.2. The molecule has 0 heterocycles. The fourth-order valence-corrected chi connectivity index (χ4v) is 4.66. The van der Waals surface area contributed by atoms with Crippen LogP contribution < -0.4 is 0 Å². The van der Waals surface area contributed by atoms with Crippen LogP contribution in [0.5, 0.6) is 0 Å². The molecule has 0 radical (unpaired) electrons. The highest BCUT2D eigenvalue weighted by molar-refractivity contribution is 7.89. The molecular formula is C22H31NO5S. The third-order valence-electron chi connectivity index (χ3n) is 4.63. The molecule has 0 bridgehead atoms. The number of hydrogen-bond donors (Lipinski definition) is 0. The molecule has 2 atom stereocenters. The Morgan fingerprint density at radius 3 is 2.10 bits per heavy atom. The number of rotatable bonds is 5. The second-order valence-corrected chi connectivity index (χ2v) is 11.3. The quantitative estimate of drug-likeness (QED) is 0.534. The number of nitrogens with zero attached hydrogens (tertiary/aromatic N) is 1. The maximum Gasteiger partial charge on any atom is 0.311 e. The molecule has 0 saturated carbocycles. The van der Waals surface area contributed by atoms with Crippen molar-refractivity contribution in [3.63, 3.8) is 0 Å². The van der Waals surface area contributed by atoms with Crippen molar-refractivity contribution in [2.45, 2.75) is 58.9 Å². The summed E-state index contributed by atoms with van der Waals surface area (Å²) >= 11 is 0. The van der Waals surface area contributed by atoms with Gasteiger partial charge in [-0.15, -0.1) is 0 Å². The van der Waals surface area contributed by atoms with E-state index >= 15 is 0 Å². The second kappa shape index (κ2) is 8.30. The molecule has 7 heteroatoms. The van der Waals surface area contributed by atoms with E-state index in [9.17, 15) is 18.0 Å². The van der Waals surface area contributed by atoms with Crippen LogP contribution in [0.1, 0.15) is 48.0 Å². The third-order valence-corrected chi connectivity index (χ3v) is 6.46. The average Bonchev–Trinajstić information content (AvgIpc) is 3.07. The topological polar surface area (TPSA) is 80.8 Å². The van der Waals surface area contributed by atoms with Gasteiger partial charge in [0.05, 0.1) is 23.0 Å². The van der Waals surface area contributed by atoms with Gasteiger partial charge in [0.2, 0.25) is 5.91 Å². The molecule has 6 nitrogen and oxygen atoms in total. The molecule has 160 valence electrons. The Kier molecular flexibility index (Phi) is 6.62. The number of hydrogen-bond acceptors (Lipinski definition) is 5. The predicted octanol–water partition coefficient (Wildman–Crippen LogP) is 3.78. The lowest BCUT2D eigenvalue weighted by Gasteiger charge is -2.33. The van der Waals surface area contributed by atoms with Crippen molar-refractivity contribution in [3.05, 3.63) is 42.5 Å². The van der Waals surface area contributed by atoms with E-state index in [0.717, 1.165) is 4.31 Å². The molecular weight excluding hydrogens is 390 g/mol. The molecule has 1 amide bonds. The molecule has 0 spiro atoms. The largest absolute Gasteiger partial charge is 0.465 e. The minimum absolute atomic E-state index is 0.0774. The van der Waals surface area contributed by atoms with Crippen molar-refractivity contribution in [1.29, 1.82) is 0 Å². The van der Waals surface area contributed by atoms with Crippen molar-refractivity contribution >= 4 is 21.9 Å². The van der Waals surface area contributed by atoms with E-state index in [4.69, 9.17) is 4.74 Å². The van der Waals surface area contributed by atoms with Crippen LogP contribution in [0.3, 0.4) is 0 Å². The summed E-state index contributed by atoms with van der Waals surface area (Å²) in [5.41, 5.74) is -1.47. The maximum atomic E-state index is 13.3. The van der Waals surface area contributed by atoms with E-state index in [2.05, 4.69) is 0 Å². The first kappa shape index (κ1) is 23.1. The molecule has 29 heavy (non-hydrogen) atoms. The molecule has 1 aromatic rings. The summed E-state index contributed by atoms with van der Waals surface area (Å²) in [7, 11) is -4.02. The zero-order chi connectivity index (χ0) is 22.0. The molecule has 1 aliphatic rings. The van der Waals surface area contributed by atoms with Crippen LogP contribution in [0.15, 0.2) is 47.4 Å². The fourth-order valence-electron chi connectivity index (χ4n) is 2.92. The van der Waals surface area contributed by atoms with Gasteiger partial charge in [-0.05, 0) is 39.3 Å². The number of sulfonamides is 1. The lowest BCUT2D eigenvalue weighted by Crippen LogP contribution is -2.48. The maximum absolute atomic E-state index is 13.3. The van der Waals surface area contributed by atoms with Crippen LogP contribution in [0.2, 0.25) is 0 Å². The molecule has 0 fully saturated rings. The highest BCUT2D eigenvalue weighted by atomic mass is 32.2. The Balaban J connectivity index is 2.25. The molecule has 1 aromatic carbocycles. The monoisotopic (exact) mass is 421 g/mol. The van der Waals surface area contributed by atoms with Gasteiger partial charge in [0.1, 0.15) is 0 Å². The fraction of sp³-hybridized carbons (Fsp3) is 0.545. The van der Waals surface area contributed by atoms with Crippen LogP contribution in [-0.4, -0.2) is 37.2 Å². The predicted molar refractivity (Wildman–Crippen MR) is 111 cm³/mol. The summed E-state index contributed by atoms with van der Waals surface area (Å²) in [5, 5.41) is 0. The SMILES string of the molecule is CC(C)(C)C(=O)OC[C@@H]1C=C[C@H](N(C(=O)C(C)(C)C)S(=O)(=O)c2ccccc2)C1. The normalized spacial score (nSPS) is 19.8. The van der Waals surface area contributed by atoms with E-state index < -0.39 is 32.8 Å². The van der Waals surface area contributed by atoms with Crippen LogP contribution in [0, 0.1) is 16.7 Å². The van der Waals surface area contributed by atoms with Crippen LogP contribution in [0.25, 0.3) is 0 Å². The molecule has 0 aliphatic heterocycles. The van der Waals surface area contributed by atoms with Crippen molar-refractivity contribution in [2.75, 3.05) is 6.61 Å². The summed E-state index contributed by atoms with van der Waals surface area (Å²) < 4.78 is 33.0. The zero-order valence-corrected chi connectivity index (χ0v) is 18.8. The Hall–Kier alpha value is -2.15. The molecule has 0 unspecified atom stereocenters. The van der Waals surface area contributed by atoms with E-state index in [1.54, 1.807) is 65.8 Å². The molecule has 1 aliphatic carbocycles. The first-order chi connectivity index (χ1) is 13.2. The Morgan fingerprint density at radius 1 is 1.00 bits per heavy atom. The Bertz CT molecular complexity index is 876. The standard InChI is InChI=1S/C22H31NO5S/c1-21(2,3)19(24)23(29(26,27)18-10-8-7-9-11-18)17-13-12-16(14-17)15-28-20(25)22(4,5)6/h7-13,16-17H,14-15H2,1-6H3/t16-,17+/m1/s1. The number of benzene rings is 1. The first-order valence-electron chi connectivity index (χ1n) is 9.74. The van der Waals surface area contributed by atoms with Crippen LogP contribution in [0.4, 0.5) is 0 Å². The third kappa shape index (κ3) is 5.47. The van der Waals surface area contributed by atoms with Crippen molar-refractivity contribution in [3.8, 4) is 0 Å². The van der Waals surface area contributed by atoms with Crippen molar-refractivity contribution in [1.82, 2.24) is 4.31 Å². The van der Waals surface area contributed by atoms with Gasteiger partial charge in [0, 0.05) is 11.3 Å². The smallest absolute Gasteiger partial charge is 0.311 e. The minimum atomic E-state index is -4.02. The molecule has 0 saturated heterocycles. The highest BCUT2D eigenvalue weighted by Crippen LogP contribution is 2.32. The zero-order valence-electron chi connectivity index (χ0n) is 18.0. The molecule has 0 N–H and O–H groups in total. The van der Waals surface area contributed by atoms with E-state index in [1.807, 2.05) is 6.08 Å².